The molecule has 0 aliphatic carbocycles. The minimum absolute atomic E-state index is 1.13. The zero-order valence-electron chi connectivity index (χ0n) is 7.92. The van der Waals surface area contributed by atoms with Crippen molar-refractivity contribution in [2.75, 3.05) is 5.75 Å². The summed E-state index contributed by atoms with van der Waals surface area (Å²) >= 11 is 7.39. The van der Waals surface area contributed by atoms with Gasteiger partial charge in [0.15, 0.2) is 0 Å². The summed E-state index contributed by atoms with van der Waals surface area (Å²) in [6.07, 6.45) is 0. The Labute approximate surface area is 101 Å². The molecule has 0 nitrogen and oxygen atoms in total. The van der Waals surface area contributed by atoms with Crippen LogP contribution in [0.25, 0.3) is 10.1 Å². The van der Waals surface area contributed by atoms with Crippen LogP contribution in [0.4, 0.5) is 0 Å². The van der Waals surface area contributed by atoms with E-state index in [0.717, 1.165) is 5.75 Å². The molecule has 0 unspecified atom stereocenters. The van der Waals surface area contributed by atoms with Gasteiger partial charge in [-0.25, -0.2) is 0 Å². The Morgan fingerprint density at radius 3 is 3.07 bits per heavy atom. The molecule has 0 aliphatic rings. The van der Waals surface area contributed by atoms with Crippen molar-refractivity contribution in [3.05, 3.63) is 33.6 Å². The van der Waals surface area contributed by atoms with Crippen LogP contribution in [-0.2, 0) is 5.75 Å². The molecule has 1 heterocycles. The van der Waals surface area contributed by atoms with Crippen molar-refractivity contribution in [3.8, 4) is 0 Å². The largest absolute Gasteiger partial charge is 0.157 e. The second-order valence-corrected chi connectivity index (χ2v) is 6.02. The van der Waals surface area contributed by atoms with E-state index in [4.69, 9.17) is 0 Å². The number of halogens is 1. The molecule has 14 heavy (non-hydrogen) atoms. The van der Waals surface area contributed by atoms with E-state index in [2.05, 4.69) is 46.4 Å². The van der Waals surface area contributed by atoms with Gasteiger partial charge < -0.3 is 0 Å². The first-order valence-electron chi connectivity index (χ1n) is 4.55. The predicted molar refractivity (Wildman–Crippen MR) is 71.4 cm³/mol. The molecule has 0 atom stereocenters. The van der Waals surface area contributed by atoms with Crippen molar-refractivity contribution in [3.63, 3.8) is 0 Å². The number of rotatable bonds is 3. The Morgan fingerprint density at radius 1 is 1.43 bits per heavy atom. The van der Waals surface area contributed by atoms with Crippen LogP contribution >= 0.6 is 39.0 Å². The van der Waals surface area contributed by atoms with Crippen molar-refractivity contribution in [1.29, 1.82) is 0 Å². The van der Waals surface area contributed by atoms with E-state index in [9.17, 15) is 0 Å². The topological polar surface area (TPSA) is 0 Å². The SMILES string of the molecule is CCSCc1csc2c(Br)cccc12. The van der Waals surface area contributed by atoms with Gasteiger partial charge in [-0.3, -0.25) is 0 Å². The monoisotopic (exact) mass is 286 g/mol. The van der Waals surface area contributed by atoms with E-state index >= 15 is 0 Å². The molecule has 0 fully saturated rings. The smallest absolute Gasteiger partial charge is 0.0487 e. The number of thiophene rings is 1. The average Bonchev–Trinajstić information content (AvgIpc) is 2.60. The number of benzene rings is 1. The van der Waals surface area contributed by atoms with Gasteiger partial charge in [0.1, 0.15) is 0 Å². The van der Waals surface area contributed by atoms with Gasteiger partial charge in [-0.2, -0.15) is 11.8 Å². The second kappa shape index (κ2) is 4.69. The van der Waals surface area contributed by atoms with Crippen molar-refractivity contribution in [1.82, 2.24) is 0 Å². The van der Waals surface area contributed by atoms with E-state index in [1.165, 1.54) is 25.9 Å². The second-order valence-electron chi connectivity index (χ2n) is 3.01. The fourth-order valence-electron chi connectivity index (χ4n) is 1.40. The fraction of sp³-hybridized carbons (Fsp3) is 0.273. The highest BCUT2D eigenvalue weighted by molar-refractivity contribution is 9.10. The number of thioether (sulfide) groups is 1. The lowest BCUT2D eigenvalue weighted by molar-refractivity contribution is 1.45. The van der Waals surface area contributed by atoms with Gasteiger partial charge in [0.25, 0.3) is 0 Å². The minimum atomic E-state index is 1.13. The highest BCUT2D eigenvalue weighted by atomic mass is 79.9. The standard InChI is InChI=1S/C11H11BrS2/c1-2-13-6-8-7-14-11-9(8)4-3-5-10(11)12/h3-5,7H,2,6H2,1H3. The first-order valence-corrected chi connectivity index (χ1v) is 7.38. The highest BCUT2D eigenvalue weighted by Crippen LogP contribution is 2.33. The Morgan fingerprint density at radius 2 is 2.29 bits per heavy atom. The van der Waals surface area contributed by atoms with Crippen LogP contribution in [0, 0.1) is 0 Å². The molecule has 0 aliphatic heterocycles. The molecule has 0 radical (unpaired) electrons. The Kier molecular flexibility index (Phi) is 3.52. The molecule has 0 N–H and O–H groups in total. The lowest BCUT2D eigenvalue weighted by Gasteiger charge is -1.98. The maximum absolute atomic E-state index is 3.58. The zero-order chi connectivity index (χ0) is 9.97. The number of fused-ring (bicyclic) bond motifs is 1. The lowest BCUT2D eigenvalue weighted by Crippen LogP contribution is -1.77. The third-order valence-electron chi connectivity index (χ3n) is 2.09. The molecule has 0 saturated carbocycles. The molecule has 0 amide bonds. The van der Waals surface area contributed by atoms with Crippen molar-refractivity contribution >= 4 is 49.1 Å². The Balaban J connectivity index is 2.42. The molecule has 0 spiro atoms. The third-order valence-corrected chi connectivity index (χ3v) is 5.02. The summed E-state index contributed by atoms with van der Waals surface area (Å²) in [5.74, 6) is 2.32. The molecular formula is C11H11BrS2. The van der Waals surface area contributed by atoms with Crippen LogP contribution in [0.2, 0.25) is 0 Å². The Hall–Kier alpha value is 0.01000. The van der Waals surface area contributed by atoms with E-state index in [-0.39, 0.29) is 0 Å². The summed E-state index contributed by atoms with van der Waals surface area (Å²) in [4.78, 5) is 0. The van der Waals surface area contributed by atoms with Crippen LogP contribution in [0.15, 0.2) is 28.1 Å². The number of hydrogen-bond acceptors (Lipinski definition) is 2. The normalized spacial score (nSPS) is 11.0. The summed E-state index contributed by atoms with van der Waals surface area (Å²) in [6.45, 7) is 2.20. The summed E-state index contributed by atoms with van der Waals surface area (Å²) in [5.41, 5.74) is 1.47. The molecule has 2 rings (SSSR count). The van der Waals surface area contributed by atoms with Gasteiger partial charge in [0, 0.05) is 14.9 Å². The van der Waals surface area contributed by atoms with E-state index in [1.54, 1.807) is 0 Å². The van der Waals surface area contributed by atoms with Crippen molar-refractivity contribution in [2.24, 2.45) is 0 Å². The average molecular weight is 287 g/mol. The van der Waals surface area contributed by atoms with Crippen LogP contribution in [-0.4, -0.2) is 5.75 Å². The van der Waals surface area contributed by atoms with Gasteiger partial charge in [0.2, 0.25) is 0 Å². The highest BCUT2D eigenvalue weighted by Gasteiger charge is 2.05. The summed E-state index contributed by atoms with van der Waals surface area (Å²) in [7, 11) is 0. The molecule has 2 aromatic rings. The summed E-state index contributed by atoms with van der Waals surface area (Å²) in [6, 6.07) is 6.43. The summed E-state index contributed by atoms with van der Waals surface area (Å²) in [5, 5.41) is 3.68. The maximum atomic E-state index is 3.58. The van der Waals surface area contributed by atoms with E-state index in [1.807, 2.05) is 23.1 Å². The van der Waals surface area contributed by atoms with Crippen molar-refractivity contribution < 1.29 is 0 Å². The van der Waals surface area contributed by atoms with E-state index in [0.29, 0.717) is 0 Å². The first-order chi connectivity index (χ1) is 6.83. The minimum Gasteiger partial charge on any atom is -0.157 e. The van der Waals surface area contributed by atoms with Crippen molar-refractivity contribution in [2.45, 2.75) is 12.7 Å². The van der Waals surface area contributed by atoms with Crippen LogP contribution in [0.3, 0.4) is 0 Å². The van der Waals surface area contributed by atoms with Gasteiger partial charge in [-0.15, -0.1) is 11.3 Å². The zero-order valence-corrected chi connectivity index (χ0v) is 11.1. The van der Waals surface area contributed by atoms with Gasteiger partial charge in [-0.05, 0) is 44.1 Å². The van der Waals surface area contributed by atoms with Gasteiger partial charge in [0.05, 0.1) is 0 Å². The molecule has 0 bridgehead atoms. The molecule has 0 saturated heterocycles. The van der Waals surface area contributed by atoms with Gasteiger partial charge in [-0.1, -0.05) is 19.1 Å². The van der Waals surface area contributed by atoms with Crippen LogP contribution in [0.5, 0.6) is 0 Å². The first kappa shape index (κ1) is 10.5. The molecular weight excluding hydrogens is 276 g/mol. The number of hydrogen-bond donors (Lipinski definition) is 0. The van der Waals surface area contributed by atoms with E-state index < -0.39 is 0 Å². The van der Waals surface area contributed by atoms with Gasteiger partial charge >= 0.3 is 0 Å². The quantitative estimate of drug-likeness (QED) is 0.772. The lowest BCUT2D eigenvalue weighted by atomic mass is 10.2. The Bertz CT molecular complexity index is 434. The predicted octanol–water partition coefficient (Wildman–Crippen LogP) is 4.92. The maximum Gasteiger partial charge on any atom is 0.0487 e. The molecule has 74 valence electrons. The molecule has 1 aromatic heterocycles. The summed E-state index contributed by atoms with van der Waals surface area (Å²) < 4.78 is 2.59. The molecule has 3 heteroatoms. The fourth-order valence-corrected chi connectivity index (χ4v) is 3.79. The van der Waals surface area contributed by atoms with Crippen LogP contribution in [0.1, 0.15) is 12.5 Å². The third kappa shape index (κ3) is 2.00. The molecule has 1 aromatic carbocycles. The van der Waals surface area contributed by atoms with Crippen LogP contribution < -0.4 is 0 Å².